The highest BCUT2D eigenvalue weighted by Crippen LogP contribution is 2.29. The van der Waals surface area contributed by atoms with Crippen molar-refractivity contribution in [3.05, 3.63) is 71.1 Å². The van der Waals surface area contributed by atoms with Crippen molar-refractivity contribution < 1.29 is 9.21 Å². The third-order valence-corrected chi connectivity index (χ3v) is 4.86. The molecule has 0 spiro atoms. The average Bonchev–Trinajstić information content (AvgIpc) is 3.19. The predicted octanol–water partition coefficient (Wildman–Crippen LogP) is 4.41. The van der Waals surface area contributed by atoms with E-state index in [0.717, 1.165) is 24.9 Å². The van der Waals surface area contributed by atoms with Gasteiger partial charge >= 0.3 is 0 Å². The summed E-state index contributed by atoms with van der Waals surface area (Å²) in [6.45, 7) is 1.32. The van der Waals surface area contributed by atoms with Crippen LogP contribution in [0.4, 0.5) is 0 Å². The number of carbonyl (C=O) groups excluding carboxylic acids is 1. The van der Waals surface area contributed by atoms with Gasteiger partial charge in [-0.1, -0.05) is 29.8 Å². The highest BCUT2D eigenvalue weighted by atomic mass is 35.5. The lowest BCUT2D eigenvalue weighted by Gasteiger charge is -2.31. The Morgan fingerprint density at radius 2 is 1.85 bits per heavy atom. The molecule has 0 unspecified atom stereocenters. The summed E-state index contributed by atoms with van der Waals surface area (Å²) in [7, 11) is 0. The Labute approximate surface area is 156 Å². The van der Waals surface area contributed by atoms with E-state index in [4.69, 9.17) is 16.0 Å². The zero-order valence-electron chi connectivity index (χ0n) is 14.1. The van der Waals surface area contributed by atoms with E-state index in [-0.39, 0.29) is 11.8 Å². The molecule has 1 aromatic heterocycles. The van der Waals surface area contributed by atoms with Gasteiger partial charge in [-0.3, -0.25) is 4.79 Å². The molecule has 1 fully saturated rings. The molecular formula is C20H18ClN3O2. The number of carbonyl (C=O) groups is 1. The number of benzene rings is 2. The molecular weight excluding hydrogens is 350 g/mol. The van der Waals surface area contributed by atoms with Crippen LogP contribution in [0.15, 0.2) is 59.0 Å². The van der Waals surface area contributed by atoms with Crippen LogP contribution in [-0.4, -0.2) is 34.1 Å². The normalized spacial score (nSPS) is 17.3. The van der Waals surface area contributed by atoms with Crippen molar-refractivity contribution in [2.24, 2.45) is 0 Å². The highest BCUT2D eigenvalue weighted by molar-refractivity contribution is 6.30. The third kappa shape index (κ3) is 3.48. The second-order valence-corrected chi connectivity index (χ2v) is 6.85. The summed E-state index contributed by atoms with van der Waals surface area (Å²) in [5, 5.41) is 9.01. The average molecular weight is 368 g/mol. The Morgan fingerprint density at radius 3 is 2.62 bits per heavy atom. The minimum atomic E-state index is 0.00849. The lowest BCUT2D eigenvalue weighted by molar-refractivity contribution is 0.0698. The molecule has 0 saturated carbocycles. The molecule has 1 amide bonds. The van der Waals surface area contributed by atoms with Gasteiger partial charge in [-0.2, -0.15) is 0 Å². The van der Waals surface area contributed by atoms with E-state index in [2.05, 4.69) is 10.2 Å². The Kier molecular flexibility index (Phi) is 4.71. The van der Waals surface area contributed by atoms with Crippen LogP contribution in [0, 0.1) is 0 Å². The van der Waals surface area contributed by atoms with E-state index in [1.807, 2.05) is 35.2 Å². The Morgan fingerprint density at radius 1 is 1.08 bits per heavy atom. The lowest BCUT2D eigenvalue weighted by Crippen LogP contribution is -2.39. The largest absolute Gasteiger partial charge is 0.420 e. The second-order valence-electron chi connectivity index (χ2n) is 6.41. The maximum Gasteiger partial charge on any atom is 0.253 e. The first-order valence-corrected chi connectivity index (χ1v) is 9.02. The first kappa shape index (κ1) is 16.8. The van der Waals surface area contributed by atoms with Gasteiger partial charge < -0.3 is 9.32 Å². The van der Waals surface area contributed by atoms with E-state index in [9.17, 15) is 4.79 Å². The fourth-order valence-electron chi connectivity index (χ4n) is 3.24. The van der Waals surface area contributed by atoms with Crippen molar-refractivity contribution in [2.45, 2.75) is 18.8 Å². The number of halogens is 1. The maximum atomic E-state index is 12.7. The van der Waals surface area contributed by atoms with E-state index in [0.29, 0.717) is 28.9 Å². The van der Waals surface area contributed by atoms with Crippen molar-refractivity contribution in [2.75, 3.05) is 13.1 Å². The maximum absolute atomic E-state index is 12.7. The number of nitrogens with zero attached hydrogens (tertiary/aromatic N) is 3. The van der Waals surface area contributed by atoms with Crippen LogP contribution in [0.3, 0.4) is 0 Å². The van der Waals surface area contributed by atoms with Gasteiger partial charge in [0.15, 0.2) is 0 Å². The minimum absolute atomic E-state index is 0.00849. The third-order valence-electron chi connectivity index (χ3n) is 4.61. The van der Waals surface area contributed by atoms with E-state index < -0.39 is 0 Å². The number of hydrogen-bond acceptors (Lipinski definition) is 4. The molecule has 4 rings (SSSR count). The molecule has 1 atom stereocenters. The SMILES string of the molecule is O=C(c1ccc(Cl)cc1)N1CCC[C@@H](c2nnc(-c3ccccc3)o2)C1. The molecule has 6 heteroatoms. The second kappa shape index (κ2) is 7.30. The number of amides is 1. The van der Waals surface area contributed by atoms with Crippen LogP contribution in [-0.2, 0) is 0 Å². The quantitative estimate of drug-likeness (QED) is 0.688. The molecule has 26 heavy (non-hydrogen) atoms. The van der Waals surface area contributed by atoms with Crippen LogP contribution >= 0.6 is 11.6 Å². The topological polar surface area (TPSA) is 59.2 Å². The summed E-state index contributed by atoms with van der Waals surface area (Å²) in [6, 6.07) is 16.7. The fraction of sp³-hybridized carbons (Fsp3) is 0.250. The first-order valence-electron chi connectivity index (χ1n) is 8.64. The van der Waals surface area contributed by atoms with Crippen molar-refractivity contribution in [1.82, 2.24) is 15.1 Å². The van der Waals surface area contributed by atoms with Gasteiger partial charge in [0.1, 0.15) is 0 Å². The van der Waals surface area contributed by atoms with Gasteiger partial charge in [-0.25, -0.2) is 0 Å². The number of piperidine rings is 1. The molecule has 1 aliphatic rings. The van der Waals surface area contributed by atoms with E-state index >= 15 is 0 Å². The molecule has 2 aromatic carbocycles. The monoisotopic (exact) mass is 367 g/mol. The van der Waals surface area contributed by atoms with Crippen LogP contribution < -0.4 is 0 Å². The minimum Gasteiger partial charge on any atom is -0.420 e. The van der Waals surface area contributed by atoms with E-state index in [1.165, 1.54) is 0 Å². The molecule has 132 valence electrons. The van der Waals surface area contributed by atoms with Crippen LogP contribution in [0.5, 0.6) is 0 Å². The summed E-state index contributed by atoms with van der Waals surface area (Å²) in [5.74, 6) is 1.18. The summed E-state index contributed by atoms with van der Waals surface area (Å²) in [6.07, 6.45) is 1.84. The summed E-state index contributed by atoms with van der Waals surface area (Å²) in [4.78, 5) is 14.6. The fourth-order valence-corrected chi connectivity index (χ4v) is 3.36. The van der Waals surface area contributed by atoms with Crippen LogP contribution in [0.25, 0.3) is 11.5 Å². The molecule has 0 N–H and O–H groups in total. The Balaban J connectivity index is 1.49. The van der Waals surface area contributed by atoms with Crippen molar-refractivity contribution >= 4 is 17.5 Å². The standard InChI is InChI=1S/C20H18ClN3O2/c21-17-10-8-15(9-11-17)20(25)24-12-4-7-16(13-24)19-23-22-18(26-19)14-5-2-1-3-6-14/h1-3,5-6,8-11,16H,4,7,12-13H2/t16-/m1/s1. The number of hydrogen-bond donors (Lipinski definition) is 0. The van der Waals surface area contributed by atoms with Crippen LogP contribution in [0.2, 0.25) is 5.02 Å². The van der Waals surface area contributed by atoms with E-state index in [1.54, 1.807) is 24.3 Å². The van der Waals surface area contributed by atoms with Gasteiger partial charge in [0.25, 0.3) is 5.91 Å². The summed E-state index contributed by atoms with van der Waals surface area (Å²) < 4.78 is 5.88. The van der Waals surface area contributed by atoms with Gasteiger partial charge in [-0.05, 0) is 49.2 Å². The smallest absolute Gasteiger partial charge is 0.253 e. The predicted molar refractivity (Wildman–Crippen MR) is 99.1 cm³/mol. The van der Waals surface area contributed by atoms with Crippen LogP contribution in [0.1, 0.15) is 35.0 Å². The van der Waals surface area contributed by atoms with Gasteiger partial charge in [0, 0.05) is 29.2 Å². The molecule has 1 aliphatic heterocycles. The van der Waals surface area contributed by atoms with Crippen molar-refractivity contribution in [3.63, 3.8) is 0 Å². The molecule has 2 heterocycles. The molecule has 1 saturated heterocycles. The molecule has 3 aromatic rings. The molecule has 0 aliphatic carbocycles. The zero-order chi connectivity index (χ0) is 17.9. The number of rotatable bonds is 3. The zero-order valence-corrected chi connectivity index (χ0v) is 14.9. The van der Waals surface area contributed by atoms with Gasteiger partial charge in [0.05, 0.1) is 5.92 Å². The van der Waals surface area contributed by atoms with Gasteiger partial charge in [0.2, 0.25) is 11.8 Å². The molecule has 5 nitrogen and oxygen atoms in total. The summed E-state index contributed by atoms with van der Waals surface area (Å²) in [5.41, 5.74) is 1.54. The number of aromatic nitrogens is 2. The van der Waals surface area contributed by atoms with Crippen molar-refractivity contribution in [3.8, 4) is 11.5 Å². The van der Waals surface area contributed by atoms with Crippen molar-refractivity contribution in [1.29, 1.82) is 0 Å². The first-order chi connectivity index (χ1) is 12.7. The number of likely N-dealkylation sites (tertiary alicyclic amines) is 1. The lowest BCUT2D eigenvalue weighted by atomic mass is 9.97. The molecule has 0 radical (unpaired) electrons. The Hall–Kier alpha value is -2.66. The van der Waals surface area contributed by atoms with Gasteiger partial charge in [-0.15, -0.1) is 10.2 Å². The highest BCUT2D eigenvalue weighted by Gasteiger charge is 2.29. The Bertz CT molecular complexity index is 893. The molecule has 0 bridgehead atoms. The summed E-state index contributed by atoms with van der Waals surface area (Å²) >= 11 is 5.91.